The molecule has 0 spiro atoms. The molecule has 5 nitrogen and oxygen atoms in total. The SMILES string of the molecule is COc1cc(C(F)(F)F)cc2c1C(N)=NCN2c1cccnc1C. The Morgan fingerprint density at radius 1 is 1.25 bits per heavy atom. The van der Waals surface area contributed by atoms with E-state index >= 15 is 0 Å². The van der Waals surface area contributed by atoms with E-state index in [4.69, 9.17) is 10.5 Å². The van der Waals surface area contributed by atoms with Crippen molar-refractivity contribution in [3.63, 3.8) is 0 Å². The summed E-state index contributed by atoms with van der Waals surface area (Å²) in [6, 6.07) is 5.48. The van der Waals surface area contributed by atoms with E-state index in [1.807, 2.05) is 0 Å². The minimum atomic E-state index is -4.50. The maximum atomic E-state index is 13.2. The molecule has 1 aromatic heterocycles. The normalized spacial score (nSPS) is 14.2. The molecule has 0 atom stereocenters. The Morgan fingerprint density at radius 2 is 2.00 bits per heavy atom. The molecule has 2 heterocycles. The topological polar surface area (TPSA) is 63.7 Å². The van der Waals surface area contributed by atoms with E-state index in [2.05, 4.69) is 9.98 Å². The summed E-state index contributed by atoms with van der Waals surface area (Å²) >= 11 is 0. The average Bonchev–Trinajstić information content (AvgIpc) is 2.54. The van der Waals surface area contributed by atoms with Crippen LogP contribution in [0.1, 0.15) is 16.8 Å². The highest BCUT2D eigenvalue weighted by Gasteiger charge is 2.35. The Bertz CT molecular complexity index is 817. The van der Waals surface area contributed by atoms with Crippen molar-refractivity contribution in [2.75, 3.05) is 18.7 Å². The summed E-state index contributed by atoms with van der Waals surface area (Å²) in [5.74, 6) is 0.181. The van der Waals surface area contributed by atoms with Gasteiger partial charge in [-0.15, -0.1) is 0 Å². The number of aliphatic imine (C=N–C) groups is 1. The highest BCUT2D eigenvalue weighted by Crippen LogP contribution is 2.42. The zero-order valence-electron chi connectivity index (χ0n) is 13.1. The Balaban J connectivity index is 2.26. The lowest BCUT2D eigenvalue weighted by Crippen LogP contribution is -2.31. The number of benzene rings is 1. The molecule has 2 aromatic rings. The number of rotatable bonds is 2. The van der Waals surface area contributed by atoms with Gasteiger partial charge in [0.15, 0.2) is 0 Å². The van der Waals surface area contributed by atoms with Crippen molar-refractivity contribution in [2.24, 2.45) is 10.7 Å². The number of pyridine rings is 1. The van der Waals surface area contributed by atoms with E-state index < -0.39 is 11.7 Å². The van der Waals surface area contributed by atoms with Gasteiger partial charge in [-0.05, 0) is 31.2 Å². The van der Waals surface area contributed by atoms with E-state index in [9.17, 15) is 13.2 Å². The van der Waals surface area contributed by atoms with Gasteiger partial charge < -0.3 is 15.4 Å². The van der Waals surface area contributed by atoms with E-state index in [-0.39, 0.29) is 18.3 Å². The van der Waals surface area contributed by atoms with E-state index in [0.717, 1.165) is 12.1 Å². The van der Waals surface area contributed by atoms with Gasteiger partial charge in [-0.3, -0.25) is 4.98 Å². The van der Waals surface area contributed by atoms with Crippen LogP contribution in [0.15, 0.2) is 35.5 Å². The molecule has 3 rings (SSSR count). The van der Waals surface area contributed by atoms with Gasteiger partial charge in [0.25, 0.3) is 0 Å². The summed E-state index contributed by atoms with van der Waals surface area (Å²) in [4.78, 5) is 10.0. The Kier molecular flexibility index (Phi) is 3.82. The zero-order chi connectivity index (χ0) is 17.5. The second kappa shape index (κ2) is 5.70. The van der Waals surface area contributed by atoms with Gasteiger partial charge in [0.05, 0.1) is 35.3 Å². The van der Waals surface area contributed by atoms with Crippen molar-refractivity contribution in [2.45, 2.75) is 13.1 Å². The fourth-order valence-electron chi connectivity index (χ4n) is 2.66. The van der Waals surface area contributed by atoms with Crippen molar-refractivity contribution in [3.05, 3.63) is 47.3 Å². The van der Waals surface area contributed by atoms with Crippen LogP contribution in [0.3, 0.4) is 0 Å². The van der Waals surface area contributed by atoms with Crippen molar-refractivity contribution < 1.29 is 17.9 Å². The number of hydrogen-bond acceptors (Lipinski definition) is 5. The van der Waals surface area contributed by atoms with Crippen LogP contribution in [0.5, 0.6) is 5.75 Å². The number of methoxy groups -OCH3 is 1. The molecule has 1 aliphatic heterocycles. The van der Waals surface area contributed by atoms with Gasteiger partial charge in [-0.1, -0.05) is 0 Å². The monoisotopic (exact) mass is 336 g/mol. The van der Waals surface area contributed by atoms with E-state index in [1.165, 1.54) is 7.11 Å². The first-order chi connectivity index (χ1) is 11.3. The molecule has 0 fully saturated rings. The molecule has 0 saturated heterocycles. The third-order valence-corrected chi connectivity index (χ3v) is 3.83. The zero-order valence-corrected chi connectivity index (χ0v) is 13.1. The summed E-state index contributed by atoms with van der Waals surface area (Å²) in [7, 11) is 1.30. The number of halogens is 3. The van der Waals surface area contributed by atoms with Crippen LogP contribution in [0.2, 0.25) is 0 Å². The summed E-state index contributed by atoms with van der Waals surface area (Å²) < 4.78 is 44.8. The Morgan fingerprint density at radius 3 is 2.62 bits per heavy atom. The number of anilines is 2. The van der Waals surface area contributed by atoms with Crippen LogP contribution in [0.25, 0.3) is 0 Å². The number of amidine groups is 1. The van der Waals surface area contributed by atoms with Gasteiger partial charge in [0.2, 0.25) is 0 Å². The molecule has 1 aromatic carbocycles. The first kappa shape index (κ1) is 16.1. The quantitative estimate of drug-likeness (QED) is 0.914. The van der Waals surface area contributed by atoms with Gasteiger partial charge in [-0.2, -0.15) is 13.2 Å². The smallest absolute Gasteiger partial charge is 0.416 e. The van der Waals surface area contributed by atoms with Crippen LogP contribution >= 0.6 is 0 Å². The van der Waals surface area contributed by atoms with Gasteiger partial charge in [-0.25, -0.2) is 4.99 Å². The van der Waals surface area contributed by atoms with E-state index in [0.29, 0.717) is 22.6 Å². The molecule has 0 amide bonds. The Labute approximate surface area is 136 Å². The van der Waals surface area contributed by atoms with E-state index in [1.54, 1.807) is 30.2 Å². The van der Waals surface area contributed by atoms with Crippen molar-refractivity contribution in [1.29, 1.82) is 0 Å². The largest absolute Gasteiger partial charge is 0.496 e. The molecule has 0 unspecified atom stereocenters. The van der Waals surface area contributed by atoms with Gasteiger partial charge in [0.1, 0.15) is 18.3 Å². The predicted molar refractivity (Wildman–Crippen MR) is 84.7 cm³/mol. The molecule has 0 radical (unpaired) electrons. The number of hydrogen-bond donors (Lipinski definition) is 1. The number of fused-ring (bicyclic) bond motifs is 1. The molecule has 0 aliphatic carbocycles. The Hall–Kier alpha value is -2.77. The first-order valence-corrected chi connectivity index (χ1v) is 7.11. The molecular formula is C16H15F3N4O. The number of nitrogens with zero attached hydrogens (tertiary/aromatic N) is 3. The van der Waals surface area contributed by atoms with Crippen LogP contribution in [-0.4, -0.2) is 24.6 Å². The molecule has 1 aliphatic rings. The molecule has 2 N–H and O–H groups in total. The average molecular weight is 336 g/mol. The summed E-state index contributed by atoms with van der Waals surface area (Å²) in [6.07, 6.45) is -2.88. The maximum Gasteiger partial charge on any atom is 0.416 e. The lowest BCUT2D eigenvalue weighted by Gasteiger charge is -2.31. The standard InChI is InChI=1S/C16H15F3N4O/c1-9-11(4-3-5-21-9)23-8-22-15(20)14-12(23)6-10(16(17,18)19)7-13(14)24-2/h3-7H,8H2,1-2H3,(H2,20,22). The highest BCUT2D eigenvalue weighted by atomic mass is 19.4. The third kappa shape index (κ3) is 2.64. The van der Waals surface area contributed by atoms with Crippen molar-refractivity contribution >= 4 is 17.2 Å². The van der Waals surface area contributed by atoms with Crippen molar-refractivity contribution in [1.82, 2.24) is 4.98 Å². The lowest BCUT2D eigenvalue weighted by molar-refractivity contribution is -0.137. The molecule has 8 heteroatoms. The van der Waals surface area contributed by atoms with Crippen LogP contribution in [0.4, 0.5) is 24.5 Å². The second-order valence-electron chi connectivity index (χ2n) is 5.29. The molecule has 0 bridgehead atoms. The van der Waals surface area contributed by atoms with Crippen molar-refractivity contribution in [3.8, 4) is 5.75 Å². The van der Waals surface area contributed by atoms with Crippen LogP contribution in [0, 0.1) is 6.92 Å². The number of nitrogens with two attached hydrogens (primary N) is 1. The number of alkyl halides is 3. The molecular weight excluding hydrogens is 321 g/mol. The van der Waals surface area contributed by atoms with Crippen LogP contribution in [-0.2, 0) is 6.18 Å². The molecule has 126 valence electrons. The molecule has 24 heavy (non-hydrogen) atoms. The predicted octanol–water partition coefficient (Wildman–Crippen LogP) is 3.23. The van der Waals surface area contributed by atoms with Gasteiger partial charge >= 0.3 is 6.18 Å². The lowest BCUT2D eigenvalue weighted by atomic mass is 10.0. The van der Waals surface area contributed by atoms with Gasteiger partial charge in [0, 0.05) is 6.20 Å². The highest BCUT2D eigenvalue weighted by molar-refractivity contribution is 6.07. The number of aromatic nitrogens is 1. The second-order valence-corrected chi connectivity index (χ2v) is 5.29. The third-order valence-electron chi connectivity index (χ3n) is 3.83. The van der Waals surface area contributed by atoms with Crippen LogP contribution < -0.4 is 15.4 Å². The maximum absolute atomic E-state index is 13.2. The minimum Gasteiger partial charge on any atom is -0.496 e. The fraction of sp³-hybridized carbons (Fsp3) is 0.250. The first-order valence-electron chi connectivity index (χ1n) is 7.11. The number of aryl methyl sites for hydroxylation is 1. The summed E-state index contributed by atoms with van der Waals surface area (Å²) in [5.41, 5.74) is 7.08. The minimum absolute atomic E-state index is 0.0346. The number of ether oxygens (including phenoxy) is 1. The summed E-state index contributed by atoms with van der Waals surface area (Å²) in [5, 5.41) is 0. The fourth-order valence-corrected chi connectivity index (χ4v) is 2.66. The summed E-state index contributed by atoms with van der Waals surface area (Å²) in [6.45, 7) is 1.89. The molecule has 0 saturated carbocycles.